The van der Waals surface area contributed by atoms with Crippen molar-refractivity contribution in [3.63, 3.8) is 0 Å². The fraction of sp³-hybridized carbons (Fsp3) is 0. The van der Waals surface area contributed by atoms with Crippen LogP contribution in [0.3, 0.4) is 0 Å². The maximum Gasteiger partial charge on any atom is 0.165 e. The first kappa shape index (κ1) is 30.2. The zero-order valence-corrected chi connectivity index (χ0v) is 29.0. The molecule has 0 atom stereocenters. The first-order valence-electron chi connectivity index (χ1n) is 18.1. The van der Waals surface area contributed by atoms with Gasteiger partial charge in [-0.1, -0.05) is 121 Å². The van der Waals surface area contributed by atoms with E-state index in [0.29, 0.717) is 17.5 Å². The number of aromatic nitrogens is 6. The van der Waals surface area contributed by atoms with Gasteiger partial charge in [-0.3, -0.25) is 4.57 Å². The first-order valence-corrected chi connectivity index (χ1v) is 18.1. The predicted octanol–water partition coefficient (Wildman–Crippen LogP) is 11.6. The molecule has 4 heterocycles. The normalized spacial score (nSPS) is 11.7. The molecule has 0 saturated carbocycles. The van der Waals surface area contributed by atoms with Crippen LogP contribution in [0.2, 0.25) is 0 Å². The van der Waals surface area contributed by atoms with Gasteiger partial charge in [0.1, 0.15) is 5.82 Å². The van der Waals surface area contributed by atoms with Crippen molar-refractivity contribution < 1.29 is 0 Å². The quantitative estimate of drug-likeness (QED) is 0.180. The Kier molecular flexibility index (Phi) is 6.75. The number of pyridine rings is 1. The molecular formula is C48H30N6. The van der Waals surface area contributed by atoms with Gasteiger partial charge in [0.05, 0.1) is 22.1 Å². The molecule has 6 heteroatoms. The maximum absolute atomic E-state index is 5.10. The Labute approximate surface area is 310 Å². The fourth-order valence-electron chi connectivity index (χ4n) is 7.86. The minimum absolute atomic E-state index is 0.572. The molecule has 0 amide bonds. The van der Waals surface area contributed by atoms with Gasteiger partial charge in [-0.15, -0.1) is 0 Å². The minimum atomic E-state index is 0.572. The molecule has 0 bridgehead atoms. The Hall–Kier alpha value is -7.44. The second-order valence-corrected chi connectivity index (χ2v) is 13.6. The standard InChI is InChI=1S/C48H30N6/c1-3-14-32(15-4-1)46-50-47(34-24-23-31-13-7-8-16-33(31)27-34)52-48(51-46)35-25-26-45(49-30-35)54-42-22-12-10-20-38(42)40-28-39-37-19-9-11-21-41(37)53(43(39)29-44(40)54)36-17-5-2-6-18-36/h1-30H. The number of hydrogen-bond acceptors (Lipinski definition) is 4. The second kappa shape index (κ2) is 12.1. The molecule has 0 saturated heterocycles. The molecule has 0 N–H and O–H groups in total. The summed E-state index contributed by atoms with van der Waals surface area (Å²) in [6.07, 6.45) is 1.88. The van der Waals surface area contributed by atoms with E-state index in [4.69, 9.17) is 19.9 Å². The zero-order chi connectivity index (χ0) is 35.6. The van der Waals surface area contributed by atoms with E-state index in [2.05, 4.69) is 155 Å². The Morgan fingerprint density at radius 1 is 0.333 bits per heavy atom. The van der Waals surface area contributed by atoms with Crippen molar-refractivity contribution >= 4 is 54.4 Å². The van der Waals surface area contributed by atoms with Crippen LogP contribution in [0.25, 0.3) is 100 Å². The van der Waals surface area contributed by atoms with Crippen LogP contribution in [0.5, 0.6) is 0 Å². The molecule has 0 fully saturated rings. The van der Waals surface area contributed by atoms with Gasteiger partial charge in [0.25, 0.3) is 0 Å². The summed E-state index contributed by atoms with van der Waals surface area (Å²) in [4.78, 5) is 20.1. The van der Waals surface area contributed by atoms with Crippen LogP contribution in [0.4, 0.5) is 0 Å². The van der Waals surface area contributed by atoms with Crippen LogP contribution in [-0.2, 0) is 0 Å². The summed E-state index contributed by atoms with van der Waals surface area (Å²) in [5.74, 6) is 2.63. The molecule has 7 aromatic carbocycles. The van der Waals surface area contributed by atoms with Gasteiger partial charge >= 0.3 is 0 Å². The summed E-state index contributed by atoms with van der Waals surface area (Å²) in [6.45, 7) is 0. The molecule has 0 spiro atoms. The van der Waals surface area contributed by atoms with Gasteiger partial charge < -0.3 is 4.57 Å². The van der Waals surface area contributed by atoms with E-state index >= 15 is 0 Å². The largest absolute Gasteiger partial charge is 0.309 e. The Morgan fingerprint density at radius 3 is 1.59 bits per heavy atom. The lowest BCUT2D eigenvalue weighted by molar-refractivity contribution is 1.05. The number of rotatable bonds is 5. The van der Waals surface area contributed by atoms with Crippen LogP contribution in [0, 0.1) is 0 Å². The average Bonchev–Trinajstić information content (AvgIpc) is 3.75. The van der Waals surface area contributed by atoms with E-state index < -0.39 is 0 Å². The summed E-state index contributed by atoms with van der Waals surface area (Å²) in [5, 5.41) is 7.13. The molecule has 0 aliphatic rings. The number of benzene rings is 7. The van der Waals surface area contributed by atoms with Crippen molar-refractivity contribution in [3.05, 3.63) is 182 Å². The van der Waals surface area contributed by atoms with Gasteiger partial charge in [-0.25, -0.2) is 19.9 Å². The molecule has 0 aliphatic heterocycles. The lowest BCUT2D eigenvalue weighted by atomic mass is 10.1. The van der Waals surface area contributed by atoms with Crippen LogP contribution in [0.15, 0.2) is 182 Å². The van der Waals surface area contributed by atoms with Gasteiger partial charge in [0.15, 0.2) is 17.5 Å². The topological polar surface area (TPSA) is 61.4 Å². The monoisotopic (exact) mass is 690 g/mol. The highest BCUT2D eigenvalue weighted by atomic mass is 15.1. The molecule has 0 aliphatic carbocycles. The van der Waals surface area contributed by atoms with Crippen molar-refractivity contribution in [1.29, 1.82) is 0 Å². The summed E-state index contributed by atoms with van der Waals surface area (Å²) >= 11 is 0. The first-order chi connectivity index (χ1) is 26.8. The third-order valence-electron chi connectivity index (χ3n) is 10.4. The van der Waals surface area contributed by atoms with Crippen LogP contribution >= 0.6 is 0 Å². The SMILES string of the molecule is c1ccc(-c2nc(-c3ccc(-n4c5ccccc5c5cc6c7ccccc7n(-c7ccccc7)c6cc54)nc3)nc(-c3ccc4ccccc4c3)n2)cc1. The second-order valence-electron chi connectivity index (χ2n) is 13.6. The van der Waals surface area contributed by atoms with Crippen molar-refractivity contribution in [2.75, 3.05) is 0 Å². The lowest BCUT2D eigenvalue weighted by Gasteiger charge is -2.11. The van der Waals surface area contributed by atoms with E-state index in [1.54, 1.807) is 0 Å². The van der Waals surface area contributed by atoms with Gasteiger partial charge in [0.2, 0.25) is 0 Å². The summed E-state index contributed by atoms with van der Waals surface area (Å²) in [5.41, 5.74) is 8.32. The van der Waals surface area contributed by atoms with Gasteiger partial charge in [-0.05, 0) is 65.4 Å². The fourth-order valence-corrected chi connectivity index (χ4v) is 7.86. The molecular weight excluding hydrogens is 661 g/mol. The van der Waals surface area contributed by atoms with Crippen molar-refractivity contribution in [3.8, 4) is 45.7 Å². The average molecular weight is 691 g/mol. The van der Waals surface area contributed by atoms with E-state index in [0.717, 1.165) is 50.1 Å². The number of fused-ring (bicyclic) bond motifs is 7. The van der Waals surface area contributed by atoms with E-state index in [-0.39, 0.29) is 0 Å². The third-order valence-corrected chi connectivity index (χ3v) is 10.4. The smallest absolute Gasteiger partial charge is 0.165 e. The molecule has 0 radical (unpaired) electrons. The molecule has 11 rings (SSSR count). The zero-order valence-electron chi connectivity index (χ0n) is 29.0. The van der Waals surface area contributed by atoms with E-state index in [1.807, 2.05) is 36.5 Å². The summed E-state index contributed by atoms with van der Waals surface area (Å²) < 4.78 is 4.63. The Bertz CT molecular complexity index is 3200. The molecule has 0 unspecified atom stereocenters. The van der Waals surface area contributed by atoms with Crippen molar-refractivity contribution in [2.45, 2.75) is 0 Å². The van der Waals surface area contributed by atoms with Crippen LogP contribution < -0.4 is 0 Å². The van der Waals surface area contributed by atoms with Crippen molar-refractivity contribution in [2.24, 2.45) is 0 Å². The highest BCUT2D eigenvalue weighted by molar-refractivity contribution is 6.19. The van der Waals surface area contributed by atoms with Gasteiger partial charge in [0, 0.05) is 50.1 Å². The van der Waals surface area contributed by atoms with E-state index in [1.165, 1.54) is 32.4 Å². The number of para-hydroxylation sites is 3. The molecule has 11 aromatic rings. The minimum Gasteiger partial charge on any atom is -0.309 e. The van der Waals surface area contributed by atoms with Crippen molar-refractivity contribution in [1.82, 2.24) is 29.1 Å². The maximum atomic E-state index is 5.10. The van der Waals surface area contributed by atoms with Gasteiger partial charge in [-0.2, -0.15) is 0 Å². The molecule has 54 heavy (non-hydrogen) atoms. The predicted molar refractivity (Wildman–Crippen MR) is 220 cm³/mol. The third kappa shape index (κ3) is 4.81. The highest BCUT2D eigenvalue weighted by Gasteiger charge is 2.19. The summed E-state index contributed by atoms with van der Waals surface area (Å²) in [6, 6.07) is 61.4. The number of hydrogen-bond donors (Lipinski definition) is 0. The Morgan fingerprint density at radius 2 is 0.889 bits per heavy atom. The van der Waals surface area contributed by atoms with E-state index in [9.17, 15) is 0 Å². The van der Waals surface area contributed by atoms with Crippen LogP contribution in [-0.4, -0.2) is 29.1 Å². The molecule has 4 aromatic heterocycles. The number of nitrogens with zero attached hydrogens (tertiary/aromatic N) is 6. The highest BCUT2D eigenvalue weighted by Crippen LogP contribution is 2.39. The summed E-state index contributed by atoms with van der Waals surface area (Å²) in [7, 11) is 0. The molecule has 252 valence electrons. The molecule has 6 nitrogen and oxygen atoms in total. The van der Waals surface area contributed by atoms with Crippen LogP contribution in [0.1, 0.15) is 0 Å². The Balaban J connectivity index is 1.09. The lowest BCUT2D eigenvalue weighted by Crippen LogP contribution is -2.02.